The average Bonchev–Trinajstić information content (AvgIpc) is 2.14. The number of hydrogen-bond acceptors (Lipinski definition) is 4. The second-order valence-corrected chi connectivity index (χ2v) is 2.99. The standard InChI is InChI=1S/C8H11F3N4/c9-8(10,11)4-1-5-13-7-3-2-6(12)14-15-7/h2-3H,1,4-5H2,(H2,12,14)(H,13,15). The molecule has 1 rings (SSSR count). The Morgan fingerprint density at radius 1 is 1.27 bits per heavy atom. The fourth-order valence-electron chi connectivity index (χ4n) is 0.942. The van der Waals surface area contributed by atoms with Crippen molar-refractivity contribution in [1.82, 2.24) is 10.2 Å². The minimum atomic E-state index is -4.10. The van der Waals surface area contributed by atoms with E-state index in [9.17, 15) is 13.2 Å². The molecule has 0 aromatic carbocycles. The summed E-state index contributed by atoms with van der Waals surface area (Å²) in [4.78, 5) is 0. The molecule has 0 unspecified atom stereocenters. The van der Waals surface area contributed by atoms with Crippen molar-refractivity contribution < 1.29 is 13.2 Å². The van der Waals surface area contributed by atoms with Gasteiger partial charge < -0.3 is 11.1 Å². The lowest BCUT2D eigenvalue weighted by Crippen LogP contribution is -2.11. The van der Waals surface area contributed by atoms with Crippen LogP contribution >= 0.6 is 0 Å². The number of alkyl halides is 3. The number of nitrogens with zero attached hydrogens (tertiary/aromatic N) is 2. The highest BCUT2D eigenvalue weighted by atomic mass is 19.4. The third-order valence-electron chi connectivity index (χ3n) is 1.63. The number of aromatic nitrogens is 2. The van der Waals surface area contributed by atoms with Gasteiger partial charge in [0, 0.05) is 13.0 Å². The molecule has 0 atom stereocenters. The number of nitrogens with two attached hydrogens (primary N) is 1. The van der Waals surface area contributed by atoms with E-state index in [0.717, 1.165) is 0 Å². The van der Waals surface area contributed by atoms with Gasteiger partial charge in [-0.2, -0.15) is 13.2 Å². The van der Waals surface area contributed by atoms with Crippen molar-refractivity contribution in [2.45, 2.75) is 19.0 Å². The molecule has 0 saturated carbocycles. The Hall–Kier alpha value is -1.53. The minimum absolute atomic E-state index is 0.00948. The number of rotatable bonds is 4. The Morgan fingerprint density at radius 2 is 2.00 bits per heavy atom. The number of nitrogen functional groups attached to an aromatic ring is 1. The van der Waals surface area contributed by atoms with Crippen molar-refractivity contribution in [1.29, 1.82) is 0 Å². The number of nitrogens with one attached hydrogen (secondary N) is 1. The van der Waals surface area contributed by atoms with Crippen LogP contribution in [0.25, 0.3) is 0 Å². The van der Waals surface area contributed by atoms with Gasteiger partial charge in [0.15, 0.2) is 0 Å². The van der Waals surface area contributed by atoms with E-state index in [-0.39, 0.29) is 18.8 Å². The molecule has 3 N–H and O–H groups in total. The van der Waals surface area contributed by atoms with Gasteiger partial charge in [-0.1, -0.05) is 0 Å². The summed E-state index contributed by atoms with van der Waals surface area (Å²) < 4.78 is 35.3. The van der Waals surface area contributed by atoms with E-state index >= 15 is 0 Å². The molecule has 0 aliphatic carbocycles. The maximum Gasteiger partial charge on any atom is 0.389 e. The molecule has 84 valence electrons. The molecule has 4 nitrogen and oxygen atoms in total. The molecule has 1 aromatic heterocycles. The van der Waals surface area contributed by atoms with Crippen LogP contribution in [0, 0.1) is 0 Å². The Kier molecular flexibility index (Phi) is 3.70. The van der Waals surface area contributed by atoms with Crippen LogP contribution in [0.15, 0.2) is 12.1 Å². The van der Waals surface area contributed by atoms with E-state index < -0.39 is 12.6 Å². The zero-order valence-electron chi connectivity index (χ0n) is 7.88. The Morgan fingerprint density at radius 3 is 2.53 bits per heavy atom. The van der Waals surface area contributed by atoms with Crippen LogP contribution < -0.4 is 11.1 Å². The van der Waals surface area contributed by atoms with Gasteiger partial charge >= 0.3 is 6.18 Å². The molecular weight excluding hydrogens is 209 g/mol. The zero-order chi connectivity index (χ0) is 11.3. The number of hydrogen-bond donors (Lipinski definition) is 2. The second kappa shape index (κ2) is 4.81. The fraction of sp³-hybridized carbons (Fsp3) is 0.500. The third-order valence-corrected chi connectivity index (χ3v) is 1.63. The molecule has 0 bridgehead atoms. The molecule has 7 heteroatoms. The molecule has 1 aromatic rings. The fourth-order valence-corrected chi connectivity index (χ4v) is 0.942. The molecule has 0 aliphatic rings. The van der Waals surface area contributed by atoms with Gasteiger partial charge in [0.1, 0.15) is 11.6 Å². The smallest absolute Gasteiger partial charge is 0.382 e. The summed E-state index contributed by atoms with van der Waals surface area (Å²) in [6.07, 6.45) is -4.90. The topological polar surface area (TPSA) is 63.8 Å². The van der Waals surface area contributed by atoms with Crippen molar-refractivity contribution in [2.75, 3.05) is 17.6 Å². The highest BCUT2D eigenvalue weighted by molar-refractivity contribution is 5.38. The van der Waals surface area contributed by atoms with Gasteiger partial charge in [0.25, 0.3) is 0 Å². The molecule has 0 saturated heterocycles. The quantitative estimate of drug-likeness (QED) is 0.759. The summed E-state index contributed by atoms with van der Waals surface area (Å²) in [5.41, 5.74) is 5.29. The summed E-state index contributed by atoms with van der Waals surface area (Å²) in [6.45, 7) is 0.206. The van der Waals surface area contributed by atoms with E-state index in [2.05, 4.69) is 15.5 Å². The van der Waals surface area contributed by atoms with Crippen molar-refractivity contribution in [3.05, 3.63) is 12.1 Å². The predicted octanol–water partition coefficient (Wildman–Crippen LogP) is 1.81. The van der Waals surface area contributed by atoms with Crippen molar-refractivity contribution in [2.24, 2.45) is 0 Å². The maximum atomic E-state index is 11.8. The molecule has 0 spiro atoms. The molecule has 0 radical (unpaired) electrons. The average molecular weight is 220 g/mol. The molecular formula is C8H11F3N4. The van der Waals surface area contributed by atoms with Gasteiger partial charge in [-0.3, -0.25) is 0 Å². The highest BCUT2D eigenvalue weighted by Crippen LogP contribution is 2.20. The third kappa shape index (κ3) is 5.04. The van der Waals surface area contributed by atoms with Gasteiger partial charge in [-0.05, 0) is 18.6 Å². The van der Waals surface area contributed by atoms with E-state index in [1.807, 2.05) is 0 Å². The van der Waals surface area contributed by atoms with Crippen LogP contribution in [-0.2, 0) is 0 Å². The normalized spacial score (nSPS) is 11.4. The second-order valence-electron chi connectivity index (χ2n) is 2.99. The highest BCUT2D eigenvalue weighted by Gasteiger charge is 2.25. The van der Waals surface area contributed by atoms with Crippen LogP contribution in [0.3, 0.4) is 0 Å². The van der Waals surface area contributed by atoms with Crippen LogP contribution in [0.1, 0.15) is 12.8 Å². The molecule has 0 aliphatic heterocycles. The maximum absolute atomic E-state index is 11.8. The van der Waals surface area contributed by atoms with Gasteiger partial charge in [0.2, 0.25) is 0 Å². The van der Waals surface area contributed by atoms with Gasteiger partial charge in [0.05, 0.1) is 0 Å². The largest absolute Gasteiger partial charge is 0.389 e. The zero-order valence-corrected chi connectivity index (χ0v) is 7.88. The lowest BCUT2D eigenvalue weighted by molar-refractivity contribution is -0.134. The first-order valence-electron chi connectivity index (χ1n) is 4.37. The van der Waals surface area contributed by atoms with Crippen LogP contribution in [-0.4, -0.2) is 22.9 Å². The Bertz CT molecular complexity index is 296. The van der Waals surface area contributed by atoms with E-state index in [0.29, 0.717) is 5.82 Å². The van der Waals surface area contributed by atoms with Gasteiger partial charge in [-0.25, -0.2) is 0 Å². The van der Waals surface area contributed by atoms with E-state index in [1.165, 1.54) is 6.07 Å². The SMILES string of the molecule is Nc1ccc(NCCCC(F)(F)F)nn1. The summed E-state index contributed by atoms with van der Waals surface area (Å²) in [6, 6.07) is 3.09. The lowest BCUT2D eigenvalue weighted by Gasteiger charge is -2.07. The van der Waals surface area contributed by atoms with E-state index in [1.54, 1.807) is 6.07 Å². The summed E-state index contributed by atoms with van der Waals surface area (Å²) in [5, 5.41) is 9.91. The Labute approximate surface area is 84.7 Å². The molecule has 0 amide bonds. The monoisotopic (exact) mass is 220 g/mol. The molecule has 0 fully saturated rings. The summed E-state index contributed by atoms with van der Waals surface area (Å²) in [7, 11) is 0. The van der Waals surface area contributed by atoms with Crippen LogP contribution in [0.5, 0.6) is 0 Å². The predicted molar refractivity (Wildman–Crippen MR) is 50.2 cm³/mol. The van der Waals surface area contributed by atoms with E-state index in [4.69, 9.17) is 5.73 Å². The Balaban J connectivity index is 2.23. The summed E-state index contributed by atoms with van der Waals surface area (Å²) >= 11 is 0. The van der Waals surface area contributed by atoms with Crippen LogP contribution in [0.2, 0.25) is 0 Å². The van der Waals surface area contributed by atoms with Gasteiger partial charge in [-0.15, -0.1) is 10.2 Å². The first kappa shape index (κ1) is 11.5. The van der Waals surface area contributed by atoms with Crippen LogP contribution in [0.4, 0.5) is 24.8 Å². The number of halogens is 3. The van der Waals surface area contributed by atoms with Crippen molar-refractivity contribution >= 4 is 11.6 Å². The molecule has 15 heavy (non-hydrogen) atoms. The first-order valence-corrected chi connectivity index (χ1v) is 4.37. The summed E-state index contributed by atoms with van der Waals surface area (Å²) in [5.74, 6) is 0.696. The minimum Gasteiger partial charge on any atom is -0.382 e. The number of anilines is 2. The first-order chi connectivity index (χ1) is 6.97. The van der Waals surface area contributed by atoms with Crippen molar-refractivity contribution in [3.8, 4) is 0 Å². The lowest BCUT2D eigenvalue weighted by atomic mass is 10.3. The molecule has 1 heterocycles. The van der Waals surface area contributed by atoms with Crippen molar-refractivity contribution in [3.63, 3.8) is 0 Å².